The maximum absolute atomic E-state index is 14.5. The molecule has 1 fully saturated rings. The molecule has 30 heavy (non-hydrogen) atoms. The van der Waals surface area contributed by atoms with Gasteiger partial charge in [0, 0.05) is 12.1 Å². The monoisotopic (exact) mass is 414 g/mol. The number of benzene rings is 2. The van der Waals surface area contributed by atoms with E-state index in [-0.39, 0.29) is 36.1 Å². The zero-order valence-corrected chi connectivity index (χ0v) is 16.4. The van der Waals surface area contributed by atoms with Crippen LogP contribution in [0.3, 0.4) is 0 Å². The molecule has 2 unspecified atom stereocenters. The number of aliphatic hydroxyl groups is 1. The predicted molar refractivity (Wildman–Crippen MR) is 108 cm³/mol. The van der Waals surface area contributed by atoms with Gasteiger partial charge >= 0.3 is 0 Å². The van der Waals surface area contributed by atoms with Gasteiger partial charge in [-0.1, -0.05) is 12.1 Å². The summed E-state index contributed by atoms with van der Waals surface area (Å²) in [7, 11) is 0. The largest absolute Gasteiger partial charge is 0.508 e. The first-order valence-corrected chi connectivity index (χ1v) is 10.0. The Labute approximate surface area is 173 Å². The van der Waals surface area contributed by atoms with Gasteiger partial charge in [0.05, 0.1) is 12.6 Å². The van der Waals surface area contributed by atoms with E-state index in [0.717, 1.165) is 31.0 Å². The zero-order valence-electron chi connectivity index (χ0n) is 16.4. The first kappa shape index (κ1) is 20.5. The number of phenols is 1. The molecular formula is C23H24F2N2O3. The van der Waals surface area contributed by atoms with Crippen LogP contribution < -0.4 is 5.73 Å². The third kappa shape index (κ3) is 3.59. The predicted octanol–water partition coefficient (Wildman–Crippen LogP) is 2.91. The maximum atomic E-state index is 14.5. The minimum atomic E-state index is -1.35. The van der Waals surface area contributed by atoms with Crippen LogP contribution in [0.15, 0.2) is 48.5 Å². The quantitative estimate of drug-likeness (QED) is 0.702. The third-order valence-electron chi connectivity index (χ3n) is 6.04. The zero-order chi connectivity index (χ0) is 21.5. The van der Waals surface area contributed by atoms with Crippen molar-refractivity contribution in [1.82, 2.24) is 4.90 Å². The average Bonchev–Trinajstić information content (AvgIpc) is 3.59. The molecule has 0 bridgehead atoms. The van der Waals surface area contributed by atoms with E-state index in [1.807, 2.05) is 0 Å². The van der Waals surface area contributed by atoms with Gasteiger partial charge in [-0.2, -0.15) is 0 Å². The summed E-state index contributed by atoms with van der Waals surface area (Å²) in [6.07, 6.45) is 3.65. The second-order valence-electron chi connectivity index (χ2n) is 8.03. The highest BCUT2D eigenvalue weighted by molar-refractivity contribution is 5.85. The smallest absolute Gasteiger partial charge is 0.240 e. The molecule has 1 heterocycles. The Balaban J connectivity index is 1.86. The van der Waals surface area contributed by atoms with Crippen molar-refractivity contribution in [2.45, 2.75) is 30.8 Å². The van der Waals surface area contributed by atoms with Crippen LogP contribution in [0.25, 0.3) is 5.57 Å². The van der Waals surface area contributed by atoms with Crippen molar-refractivity contribution in [3.8, 4) is 5.75 Å². The van der Waals surface area contributed by atoms with Crippen LogP contribution in [-0.2, 0) is 10.3 Å². The molecule has 0 radical (unpaired) electrons. The third-order valence-corrected chi connectivity index (χ3v) is 6.04. The Morgan fingerprint density at radius 1 is 1.23 bits per heavy atom. The number of carbonyl (C=O) groups is 1. The van der Waals surface area contributed by atoms with Crippen molar-refractivity contribution < 1.29 is 23.8 Å². The molecule has 1 amide bonds. The average molecular weight is 414 g/mol. The molecule has 1 aliphatic carbocycles. The van der Waals surface area contributed by atoms with Crippen LogP contribution >= 0.6 is 0 Å². The Hall–Kier alpha value is -2.77. The molecule has 7 heteroatoms. The van der Waals surface area contributed by atoms with Crippen molar-refractivity contribution in [3.05, 3.63) is 71.3 Å². The Morgan fingerprint density at radius 2 is 2.00 bits per heavy atom. The van der Waals surface area contributed by atoms with Gasteiger partial charge in [-0.25, -0.2) is 8.78 Å². The number of hydrogen-bond donors (Lipinski definition) is 3. The van der Waals surface area contributed by atoms with Gasteiger partial charge in [-0.05, 0) is 72.7 Å². The molecule has 1 aliphatic heterocycles. The minimum absolute atomic E-state index is 0.0309. The molecule has 5 nitrogen and oxygen atoms in total. The number of rotatable bonds is 5. The number of amides is 1. The van der Waals surface area contributed by atoms with E-state index in [9.17, 15) is 23.8 Å². The molecule has 2 aromatic rings. The van der Waals surface area contributed by atoms with E-state index in [0.29, 0.717) is 11.1 Å². The highest BCUT2D eigenvalue weighted by Crippen LogP contribution is 2.42. The van der Waals surface area contributed by atoms with E-state index in [1.165, 1.54) is 17.0 Å². The van der Waals surface area contributed by atoms with Crippen LogP contribution in [0.1, 0.15) is 30.4 Å². The Bertz CT molecular complexity index is 1010. The number of nitrogens with two attached hydrogens (primary N) is 1. The lowest BCUT2D eigenvalue weighted by molar-refractivity contribution is -0.140. The van der Waals surface area contributed by atoms with Gasteiger partial charge in [-0.3, -0.25) is 4.79 Å². The van der Waals surface area contributed by atoms with Crippen molar-refractivity contribution in [1.29, 1.82) is 0 Å². The Kier molecular flexibility index (Phi) is 5.34. The number of aromatic hydroxyl groups is 1. The molecule has 4 N–H and O–H groups in total. The van der Waals surface area contributed by atoms with Crippen molar-refractivity contribution >= 4 is 11.5 Å². The summed E-state index contributed by atoms with van der Waals surface area (Å²) < 4.78 is 28.3. The molecule has 2 aromatic carbocycles. The fraction of sp³-hybridized carbons (Fsp3) is 0.348. The Morgan fingerprint density at radius 3 is 2.67 bits per heavy atom. The van der Waals surface area contributed by atoms with Gasteiger partial charge in [0.2, 0.25) is 5.91 Å². The van der Waals surface area contributed by atoms with E-state index in [4.69, 9.17) is 5.73 Å². The lowest BCUT2D eigenvalue weighted by Gasteiger charge is -2.46. The second kappa shape index (κ2) is 7.81. The fourth-order valence-electron chi connectivity index (χ4n) is 4.21. The summed E-state index contributed by atoms with van der Waals surface area (Å²) in [6.45, 7) is -0.322. The number of halogens is 2. The lowest BCUT2D eigenvalue weighted by Crippen LogP contribution is -2.58. The van der Waals surface area contributed by atoms with E-state index < -0.39 is 29.8 Å². The topological polar surface area (TPSA) is 86.8 Å². The summed E-state index contributed by atoms with van der Waals surface area (Å²) in [5.41, 5.74) is 5.86. The van der Waals surface area contributed by atoms with Gasteiger partial charge in [0.1, 0.15) is 22.9 Å². The molecule has 2 aliphatic rings. The normalized spacial score (nSPS) is 22.5. The molecule has 0 saturated heterocycles. The summed E-state index contributed by atoms with van der Waals surface area (Å²) in [4.78, 5) is 14.7. The highest BCUT2D eigenvalue weighted by Gasteiger charge is 2.46. The number of carbonyl (C=O) groups excluding carboxylic acids is 1. The first-order valence-electron chi connectivity index (χ1n) is 10.0. The summed E-state index contributed by atoms with van der Waals surface area (Å²) >= 11 is 0. The van der Waals surface area contributed by atoms with Crippen molar-refractivity contribution in [3.63, 3.8) is 0 Å². The SMILES string of the molecule is NC(C(=O)N1CCC(c2cc(F)ccc2F)=CC1(CO)c1cccc(O)c1)C1CC1. The van der Waals surface area contributed by atoms with Gasteiger partial charge in [-0.15, -0.1) is 0 Å². The number of phenolic OH excluding ortho intramolecular Hbond substituents is 1. The molecule has 1 saturated carbocycles. The van der Waals surface area contributed by atoms with E-state index in [2.05, 4.69) is 0 Å². The van der Waals surface area contributed by atoms with Gasteiger partial charge in [0.25, 0.3) is 0 Å². The van der Waals surface area contributed by atoms with Crippen LogP contribution in [0.4, 0.5) is 8.78 Å². The lowest BCUT2D eigenvalue weighted by atomic mass is 9.80. The van der Waals surface area contributed by atoms with Gasteiger partial charge in [0.15, 0.2) is 0 Å². The standard InChI is InChI=1S/C23H24F2N2O3/c24-17-6-7-20(25)19(11-17)15-8-9-27(22(30)21(26)14-4-5-14)23(12-15,13-28)16-2-1-3-18(29)10-16/h1-3,6-7,10-12,14,21,28-29H,4-5,8-9,13,26H2. The first-order chi connectivity index (χ1) is 14.4. The molecule has 4 rings (SSSR count). The van der Waals surface area contributed by atoms with Gasteiger partial charge < -0.3 is 20.8 Å². The van der Waals surface area contributed by atoms with Crippen LogP contribution in [0, 0.1) is 17.6 Å². The maximum Gasteiger partial charge on any atom is 0.240 e. The van der Waals surface area contributed by atoms with E-state index >= 15 is 0 Å². The summed E-state index contributed by atoms with van der Waals surface area (Å²) in [5, 5.41) is 20.5. The molecule has 0 spiro atoms. The van der Waals surface area contributed by atoms with Crippen molar-refractivity contribution in [2.75, 3.05) is 13.2 Å². The summed E-state index contributed by atoms with van der Waals surface area (Å²) in [5.74, 6) is -1.38. The second-order valence-corrected chi connectivity index (χ2v) is 8.03. The molecular weight excluding hydrogens is 390 g/mol. The molecule has 158 valence electrons. The van der Waals surface area contributed by atoms with Crippen LogP contribution in [0.5, 0.6) is 5.75 Å². The highest BCUT2D eigenvalue weighted by atomic mass is 19.1. The van der Waals surface area contributed by atoms with E-state index in [1.54, 1.807) is 18.2 Å². The minimum Gasteiger partial charge on any atom is -0.508 e. The van der Waals surface area contributed by atoms with Crippen LogP contribution in [0.2, 0.25) is 0 Å². The fourth-order valence-corrected chi connectivity index (χ4v) is 4.21. The number of nitrogens with zero attached hydrogens (tertiary/aromatic N) is 1. The summed E-state index contributed by atoms with van der Waals surface area (Å²) in [6, 6.07) is 8.75. The van der Waals surface area contributed by atoms with Crippen LogP contribution in [-0.4, -0.2) is 40.2 Å². The number of hydrogen-bond acceptors (Lipinski definition) is 4. The molecule has 2 atom stereocenters. The van der Waals surface area contributed by atoms with Crippen molar-refractivity contribution in [2.24, 2.45) is 11.7 Å². The molecule has 0 aromatic heterocycles. The number of aliphatic hydroxyl groups excluding tert-OH is 1.